The summed E-state index contributed by atoms with van der Waals surface area (Å²) in [4.78, 5) is 10.7. The Morgan fingerprint density at radius 1 is 1.44 bits per heavy atom. The van der Waals surface area contributed by atoms with Crippen LogP contribution in [0.15, 0.2) is 24.3 Å². The summed E-state index contributed by atoms with van der Waals surface area (Å²) in [7, 11) is 1.62. The molecule has 0 saturated carbocycles. The molecule has 0 bridgehead atoms. The van der Waals surface area contributed by atoms with E-state index in [2.05, 4.69) is 0 Å². The first-order valence-corrected chi connectivity index (χ1v) is 5.31. The monoisotopic (exact) mass is 218 g/mol. The maximum absolute atomic E-state index is 10.7. The van der Waals surface area contributed by atoms with Gasteiger partial charge in [-0.2, -0.15) is 0 Å². The van der Waals surface area contributed by atoms with E-state index < -0.39 is 5.97 Å². The zero-order chi connectivity index (χ0) is 11.5. The number of hydrogen-bond acceptors (Lipinski definition) is 2. The maximum Gasteiger partial charge on any atom is 0.328 e. The number of fused-ring (bicyclic) bond motifs is 1. The van der Waals surface area contributed by atoms with Gasteiger partial charge in [-0.05, 0) is 48.1 Å². The lowest BCUT2D eigenvalue weighted by Gasteiger charge is -2.19. The van der Waals surface area contributed by atoms with Crippen LogP contribution in [-0.4, -0.2) is 18.2 Å². The molecule has 0 unspecified atom stereocenters. The fraction of sp³-hybridized carbons (Fsp3) is 0.308. The van der Waals surface area contributed by atoms with Gasteiger partial charge in [0.15, 0.2) is 0 Å². The Morgan fingerprint density at radius 2 is 2.25 bits per heavy atom. The molecule has 0 aliphatic heterocycles. The van der Waals surface area contributed by atoms with E-state index >= 15 is 0 Å². The summed E-state index contributed by atoms with van der Waals surface area (Å²) < 4.78 is 5.16. The van der Waals surface area contributed by atoms with Gasteiger partial charge in [0.25, 0.3) is 0 Å². The van der Waals surface area contributed by atoms with Crippen molar-refractivity contribution in [3.63, 3.8) is 0 Å². The van der Waals surface area contributed by atoms with Gasteiger partial charge in [-0.15, -0.1) is 0 Å². The number of carbonyl (C=O) groups is 1. The Morgan fingerprint density at radius 3 is 2.94 bits per heavy atom. The second kappa shape index (κ2) is 4.39. The van der Waals surface area contributed by atoms with Crippen LogP contribution >= 0.6 is 0 Å². The van der Waals surface area contributed by atoms with E-state index in [0.29, 0.717) is 0 Å². The van der Waals surface area contributed by atoms with Crippen LogP contribution in [0.3, 0.4) is 0 Å². The molecule has 1 aliphatic carbocycles. The predicted molar refractivity (Wildman–Crippen MR) is 61.5 cm³/mol. The van der Waals surface area contributed by atoms with Crippen molar-refractivity contribution in [1.82, 2.24) is 0 Å². The molecular weight excluding hydrogens is 204 g/mol. The number of aryl methyl sites for hydroxylation is 1. The van der Waals surface area contributed by atoms with Crippen LogP contribution in [0, 0.1) is 0 Å². The Balaban J connectivity index is 2.47. The van der Waals surface area contributed by atoms with E-state index in [1.54, 1.807) is 7.11 Å². The summed E-state index contributed by atoms with van der Waals surface area (Å²) in [6.07, 6.45) is 4.15. The van der Waals surface area contributed by atoms with Crippen LogP contribution in [0.1, 0.15) is 24.0 Å². The number of benzene rings is 1. The molecule has 0 fully saturated rings. The van der Waals surface area contributed by atoms with E-state index in [0.717, 1.165) is 36.1 Å². The molecule has 0 saturated heterocycles. The summed E-state index contributed by atoms with van der Waals surface area (Å²) in [5.74, 6) is -0.109. The van der Waals surface area contributed by atoms with Crippen LogP contribution in [-0.2, 0) is 11.2 Å². The van der Waals surface area contributed by atoms with E-state index in [4.69, 9.17) is 9.84 Å². The number of hydrogen-bond donors (Lipinski definition) is 1. The van der Waals surface area contributed by atoms with Crippen molar-refractivity contribution in [2.24, 2.45) is 0 Å². The molecule has 0 heterocycles. The average molecular weight is 218 g/mol. The molecule has 1 aromatic carbocycles. The topological polar surface area (TPSA) is 46.5 Å². The Bertz CT molecular complexity index is 446. The maximum atomic E-state index is 10.7. The minimum atomic E-state index is -0.884. The van der Waals surface area contributed by atoms with Crippen molar-refractivity contribution in [3.8, 4) is 5.75 Å². The van der Waals surface area contributed by atoms with Crippen molar-refractivity contribution in [2.45, 2.75) is 19.3 Å². The molecule has 0 aromatic heterocycles. The second-order valence-electron chi connectivity index (χ2n) is 3.88. The molecule has 3 heteroatoms. The number of aliphatic carboxylic acids is 1. The van der Waals surface area contributed by atoms with Crippen molar-refractivity contribution < 1.29 is 14.6 Å². The summed E-state index contributed by atoms with van der Waals surface area (Å²) in [6, 6.07) is 5.86. The number of allylic oxidation sites excluding steroid dienone is 1. The molecule has 0 spiro atoms. The lowest BCUT2D eigenvalue weighted by molar-refractivity contribution is -0.131. The van der Waals surface area contributed by atoms with Gasteiger partial charge in [0.1, 0.15) is 5.75 Å². The molecule has 0 amide bonds. The van der Waals surface area contributed by atoms with Crippen molar-refractivity contribution in [2.75, 3.05) is 7.11 Å². The van der Waals surface area contributed by atoms with Crippen LogP contribution in [0.25, 0.3) is 5.57 Å². The Hall–Kier alpha value is -1.77. The minimum Gasteiger partial charge on any atom is -0.497 e. The third-order valence-electron chi connectivity index (χ3n) is 2.85. The number of ether oxygens (including phenoxy) is 1. The average Bonchev–Trinajstić information content (AvgIpc) is 2.28. The zero-order valence-electron chi connectivity index (χ0n) is 9.19. The Kier molecular flexibility index (Phi) is 2.95. The highest BCUT2D eigenvalue weighted by atomic mass is 16.5. The highest BCUT2D eigenvalue weighted by Gasteiger charge is 2.15. The smallest absolute Gasteiger partial charge is 0.328 e. The summed E-state index contributed by atoms with van der Waals surface area (Å²) in [5, 5.41) is 8.81. The van der Waals surface area contributed by atoms with Crippen molar-refractivity contribution >= 4 is 11.5 Å². The summed E-state index contributed by atoms with van der Waals surface area (Å²) >= 11 is 0. The van der Waals surface area contributed by atoms with Gasteiger partial charge < -0.3 is 9.84 Å². The van der Waals surface area contributed by atoms with Gasteiger partial charge in [-0.1, -0.05) is 6.07 Å². The fourth-order valence-corrected chi connectivity index (χ4v) is 2.10. The first-order chi connectivity index (χ1) is 7.70. The second-order valence-corrected chi connectivity index (χ2v) is 3.88. The molecule has 0 atom stereocenters. The normalized spacial score (nSPS) is 16.9. The molecular formula is C13H14O3. The number of methoxy groups -OCH3 is 1. The zero-order valence-corrected chi connectivity index (χ0v) is 9.19. The summed E-state index contributed by atoms with van der Waals surface area (Å²) in [5.41, 5.74) is 3.13. The number of carboxylic acid groups (broad SMARTS) is 1. The minimum absolute atomic E-state index is 0.775. The standard InChI is InChI=1S/C13H14O3/c1-16-11-6-5-9-3-2-4-10(7-13(14)15)12(9)8-11/h5-8H,2-4H2,1H3,(H,14,15)/b10-7-. The molecule has 2 rings (SSSR count). The lowest BCUT2D eigenvalue weighted by atomic mass is 9.87. The first-order valence-electron chi connectivity index (χ1n) is 5.31. The molecule has 84 valence electrons. The SMILES string of the molecule is COc1ccc2c(c1)/C(=C\C(=O)O)CCC2. The van der Waals surface area contributed by atoms with Crippen molar-refractivity contribution in [3.05, 3.63) is 35.4 Å². The number of carboxylic acids is 1. The molecule has 1 aliphatic rings. The predicted octanol–water partition coefficient (Wildman–Crippen LogP) is 2.50. The van der Waals surface area contributed by atoms with Gasteiger partial charge in [0.05, 0.1) is 7.11 Å². The molecule has 3 nitrogen and oxygen atoms in total. The van der Waals surface area contributed by atoms with Gasteiger partial charge in [0, 0.05) is 6.08 Å². The van der Waals surface area contributed by atoms with Crippen LogP contribution < -0.4 is 4.74 Å². The van der Waals surface area contributed by atoms with E-state index in [-0.39, 0.29) is 0 Å². The highest BCUT2D eigenvalue weighted by Crippen LogP contribution is 2.33. The van der Waals surface area contributed by atoms with Gasteiger partial charge in [-0.3, -0.25) is 0 Å². The lowest BCUT2D eigenvalue weighted by Crippen LogP contribution is -2.04. The van der Waals surface area contributed by atoms with E-state index in [1.165, 1.54) is 11.6 Å². The molecule has 16 heavy (non-hydrogen) atoms. The van der Waals surface area contributed by atoms with Gasteiger partial charge in [-0.25, -0.2) is 4.79 Å². The largest absolute Gasteiger partial charge is 0.497 e. The number of rotatable bonds is 2. The molecule has 0 radical (unpaired) electrons. The Labute approximate surface area is 94.4 Å². The van der Waals surface area contributed by atoms with E-state index in [9.17, 15) is 4.79 Å². The molecule has 1 N–H and O–H groups in total. The highest BCUT2D eigenvalue weighted by molar-refractivity contribution is 5.91. The van der Waals surface area contributed by atoms with Crippen LogP contribution in [0.5, 0.6) is 5.75 Å². The van der Waals surface area contributed by atoms with Gasteiger partial charge >= 0.3 is 5.97 Å². The van der Waals surface area contributed by atoms with Crippen LogP contribution in [0.2, 0.25) is 0 Å². The molecule has 1 aromatic rings. The third kappa shape index (κ3) is 2.08. The van der Waals surface area contributed by atoms with Gasteiger partial charge in [0.2, 0.25) is 0 Å². The fourth-order valence-electron chi connectivity index (χ4n) is 2.10. The summed E-state index contributed by atoms with van der Waals surface area (Å²) in [6.45, 7) is 0. The quantitative estimate of drug-likeness (QED) is 0.776. The third-order valence-corrected chi connectivity index (χ3v) is 2.85. The first kappa shape index (κ1) is 10.7. The van der Waals surface area contributed by atoms with Crippen LogP contribution in [0.4, 0.5) is 0 Å². The van der Waals surface area contributed by atoms with Crippen molar-refractivity contribution in [1.29, 1.82) is 0 Å². The van der Waals surface area contributed by atoms with E-state index in [1.807, 2.05) is 18.2 Å².